The smallest absolute Gasteiger partial charge is 0.228 e. The van der Waals surface area contributed by atoms with Crippen molar-refractivity contribution in [2.24, 2.45) is 0 Å². The lowest BCUT2D eigenvalue weighted by atomic mass is 10.1. The van der Waals surface area contributed by atoms with Crippen molar-refractivity contribution >= 4 is 29.1 Å². The molecule has 2 aromatic carbocycles. The lowest BCUT2D eigenvalue weighted by Crippen LogP contribution is -2.12. The standard InChI is InChI=1S/C22H17N5OS/c1-14-2-5-16(6-3-14)19(28)21-24-10-11-27(21)13-15-4-7-18-17(12-15)26-20-22(29-18)25-9-8-23-20/h2-12H,13H2,1H3,(H,23,26). The summed E-state index contributed by atoms with van der Waals surface area (Å²) in [4.78, 5) is 27.0. The van der Waals surface area contributed by atoms with E-state index in [1.165, 1.54) is 0 Å². The highest BCUT2D eigenvalue weighted by molar-refractivity contribution is 7.99. The highest BCUT2D eigenvalue weighted by Crippen LogP contribution is 2.42. The summed E-state index contributed by atoms with van der Waals surface area (Å²) in [5.74, 6) is 1.12. The quantitative estimate of drug-likeness (QED) is 0.450. The first-order chi connectivity index (χ1) is 14.2. The predicted molar refractivity (Wildman–Crippen MR) is 112 cm³/mol. The number of fused-ring (bicyclic) bond motifs is 2. The van der Waals surface area contributed by atoms with Crippen molar-refractivity contribution in [3.05, 3.63) is 89.8 Å². The Morgan fingerprint density at radius 1 is 1.03 bits per heavy atom. The number of hydrogen-bond donors (Lipinski definition) is 1. The second-order valence-electron chi connectivity index (χ2n) is 6.84. The third kappa shape index (κ3) is 3.40. The summed E-state index contributed by atoms with van der Waals surface area (Å²) in [7, 11) is 0. The fraction of sp³-hybridized carbons (Fsp3) is 0.0909. The van der Waals surface area contributed by atoms with Gasteiger partial charge in [-0.25, -0.2) is 15.0 Å². The number of carbonyl (C=O) groups excluding carboxylic acids is 1. The van der Waals surface area contributed by atoms with Gasteiger partial charge in [0.05, 0.1) is 5.69 Å². The zero-order valence-electron chi connectivity index (χ0n) is 15.7. The number of ketones is 1. The molecule has 0 aliphatic carbocycles. The first-order valence-electron chi connectivity index (χ1n) is 9.19. The van der Waals surface area contributed by atoms with E-state index in [-0.39, 0.29) is 5.78 Å². The topological polar surface area (TPSA) is 72.7 Å². The van der Waals surface area contributed by atoms with Crippen LogP contribution in [0, 0.1) is 6.92 Å². The van der Waals surface area contributed by atoms with Crippen molar-refractivity contribution in [2.45, 2.75) is 23.4 Å². The van der Waals surface area contributed by atoms with E-state index >= 15 is 0 Å². The number of aryl methyl sites for hydroxylation is 1. The van der Waals surface area contributed by atoms with Crippen molar-refractivity contribution in [2.75, 3.05) is 5.32 Å². The molecule has 2 aromatic heterocycles. The van der Waals surface area contributed by atoms with Crippen LogP contribution in [-0.2, 0) is 6.54 Å². The van der Waals surface area contributed by atoms with Crippen LogP contribution < -0.4 is 5.32 Å². The van der Waals surface area contributed by atoms with Gasteiger partial charge >= 0.3 is 0 Å². The van der Waals surface area contributed by atoms with Gasteiger partial charge in [0.2, 0.25) is 5.78 Å². The molecule has 29 heavy (non-hydrogen) atoms. The molecule has 0 unspecified atom stereocenters. The molecule has 1 aliphatic heterocycles. The number of nitrogens with zero attached hydrogens (tertiary/aromatic N) is 4. The highest BCUT2D eigenvalue weighted by atomic mass is 32.2. The van der Waals surface area contributed by atoms with Gasteiger partial charge in [0.15, 0.2) is 11.6 Å². The van der Waals surface area contributed by atoms with E-state index in [4.69, 9.17) is 0 Å². The van der Waals surface area contributed by atoms with E-state index in [2.05, 4.69) is 38.5 Å². The average molecular weight is 399 g/mol. The third-order valence-corrected chi connectivity index (χ3v) is 5.82. The SMILES string of the molecule is Cc1ccc(C(=O)c2nccn2Cc2ccc3c(c2)Nc2nccnc2S3)cc1. The Morgan fingerprint density at radius 3 is 2.72 bits per heavy atom. The largest absolute Gasteiger partial charge is 0.337 e. The number of hydrogen-bond acceptors (Lipinski definition) is 6. The van der Waals surface area contributed by atoms with Crippen molar-refractivity contribution in [1.29, 1.82) is 0 Å². The Morgan fingerprint density at radius 2 is 1.86 bits per heavy atom. The van der Waals surface area contributed by atoms with Crippen molar-refractivity contribution in [3.63, 3.8) is 0 Å². The summed E-state index contributed by atoms with van der Waals surface area (Å²) in [6.07, 6.45) is 6.87. The molecule has 0 spiro atoms. The molecule has 0 radical (unpaired) electrons. The van der Waals surface area contributed by atoms with Crippen LogP contribution in [0.3, 0.4) is 0 Å². The van der Waals surface area contributed by atoms with Crippen LogP contribution in [0.2, 0.25) is 0 Å². The van der Waals surface area contributed by atoms with Crippen LogP contribution in [-0.4, -0.2) is 25.3 Å². The van der Waals surface area contributed by atoms with Gasteiger partial charge in [0.25, 0.3) is 0 Å². The number of anilines is 2. The van der Waals surface area contributed by atoms with Crippen molar-refractivity contribution < 1.29 is 4.79 Å². The van der Waals surface area contributed by atoms with Gasteiger partial charge < -0.3 is 9.88 Å². The van der Waals surface area contributed by atoms with Gasteiger partial charge in [-0.3, -0.25) is 4.79 Å². The molecule has 0 saturated carbocycles. The van der Waals surface area contributed by atoms with Gasteiger partial charge in [0, 0.05) is 41.8 Å². The summed E-state index contributed by atoms with van der Waals surface area (Å²) in [5, 5.41) is 4.21. The zero-order chi connectivity index (χ0) is 19.8. The Labute approximate surface area is 172 Å². The average Bonchev–Trinajstić information content (AvgIpc) is 3.20. The molecule has 5 rings (SSSR count). The maximum absolute atomic E-state index is 12.9. The molecule has 0 saturated heterocycles. The first-order valence-corrected chi connectivity index (χ1v) is 10.0. The van der Waals surface area contributed by atoms with Crippen LogP contribution >= 0.6 is 11.8 Å². The second-order valence-corrected chi connectivity index (χ2v) is 7.87. The van der Waals surface area contributed by atoms with Crippen LogP contribution in [0.4, 0.5) is 11.5 Å². The van der Waals surface area contributed by atoms with Gasteiger partial charge in [-0.15, -0.1) is 0 Å². The minimum atomic E-state index is -0.0779. The van der Waals surface area contributed by atoms with Crippen LogP contribution in [0.25, 0.3) is 0 Å². The Balaban J connectivity index is 1.41. The molecule has 1 aliphatic rings. The Bertz CT molecular complexity index is 1220. The Hall–Kier alpha value is -3.45. The van der Waals surface area contributed by atoms with E-state index in [0.29, 0.717) is 17.9 Å². The predicted octanol–water partition coefficient (Wildman–Crippen LogP) is 4.47. The maximum Gasteiger partial charge on any atom is 0.228 e. The summed E-state index contributed by atoms with van der Waals surface area (Å²) >= 11 is 1.60. The summed E-state index contributed by atoms with van der Waals surface area (Å²) in [5.41, 5.74) is 3.82. The van der Waals surface area contributed by atoms with Crippen molar-refractivity contribution in [1.82, 2.24) is 19.5 Å². The zero-order valence-corrected chi connectivity index (χ0v) is 16.5. The molecule has 4 aromatic rings. The lowest BCUT2D eigenvalue weighted by molar-refractivity contribution is 0.102. The van der Waals surface area contributed by atoms with Gasteiger partial charge in [-0.1, -0.05) is 47.7 Å². The molecule has 0 amide bonds. The third-order valence-electron chi connectivity index (χ3n) is 4.75. The fourth-order valence-corrected chi connectivity index (χ4v) is 4.13. The van der Waals surface area contributed by atoms with Crippen molar-refractivity contribution in [3.8, 4) is 0 Å². The summed E-state index contributed by atoms with van der Waals surface area (Å²) in [6.45, 7) is 2.56. The molecule has 1 N–H and O–H groups in total. The number of imidazole rings is 1. The molecule has 7 heteroatoms. The Kier molecular flexibility index (Phi) is 4.37. The van der Waals surface area contributed by atoms with E-state index < -0.39 is 0 Å². The lowest BCUT2D eigenvalue weighted by Gasteiger charge is -2.19. The van der Waals surface area contributed by atoms with Gasteiger partial charge in [-0.05, 0) is 24.6 Å². The molecule has 0 bridgehead atoms. The summed E-state index contributed by atoms with van der Waals surface area (Å²) in [6, 6.07) is 13.8. The monoisotopic (exact) mass is 399 g/mol. The van der Waals surface area contributed by atoms with E-state index in [1.807, 2.05) is 42.0 Å². The molecular formula is C22H17N5OS. The highest BCUT2D eigenvalue weighted by Gasteiger charge is 2.19. The molecule has 3 heterocycles. The molecule has 142 valence electrons. The van der Waals surface area contributed by atoms with Crippen LogP contribution in [0.15, 0.2) is 77.2 Å². The number of rotatable bonds is 4. The number of carbonyl (C=O) groups is 1. The molecule has 6 nitrogen and oxygen atoms in total. The normalized spacial score (nSPS) is 12.0. The number of benzene rings is 2. The minimum Gasteiger partial charge on any atom is -0.337 e. The molecular weight excluding hydrogens is 382 g/mol. The molecule has 0 atom stereocenters. The summed E-state index contributed by atoms with van der Waals surface area (Å²) < 4.78 is 1.88. The van der Waals surface area contributed by atoms with Crippen LogP contribution in [0.1, 0.15) is 27.3 Å². The number of nitrogens with one attached hydrogen (secondary N) is 1. The molecule has 0 fully saturated rings. The first kappa shape index (κ1) is 17.6. The maximum atomic E-state index is 12.9. The van der Waals surface area contributed by atoms with E-state index in [0.717, 1.165) is 32.6 Å². The van der Waals surface area contributed by atoms with E-state index in [1.54, 1.807) is 30.4 Å². The van der Waals surface area contributed by atoms with Gasteiger partial charge in [-0.2, -0.15) is 0 Å². The van der Waals surface area contributed by atoms with Gasteiger partial charge in [0.1, 0.15) is 5.03 Å². The number of aromatic nitrogens is 4. The second kappa shape index (κ2) is 7.18. The van der Waals surface area contributed by atoms with Crippen LogP contribution in [0.5, 0.6) is 0 Å². The minimum absolute atomic E-state index is 0.0779. The fourth-order valence-electron chi connectivity index (χ4n) is 3.26. The van der Waals surface area contributed by atoms with E-state index in [9.17, 15) is 4.79 Å².